The van der Waals surface area contributed by atoms with Crippen LogP contribution in [0.25, 0.3) is 0 Å². The summed E-state index contributed by atoms with van der Waals surface area (Å²) in [6, 6.07) is 8.24. The van der Waals surface area contributed by atoms with E-state index in [2.05, 4.69) is 15.6 Å². The van der Waals surface area contributed by atoms with Crippen LogP contribution in [-0.2, 0) is 18.6 Å². The highest BCUT2D eigenvalue weighted by molar-refractivity contribution is 5.79. The molecule has 0 bridgehead atoms. The summed E-state index contributed by atoms with van der Waals surface area (Å²) in [5.41, 5.74) is 0.645. The normalized spacial score (nSPS) is 20.4. The number of hydrogen-bond donors (Lipinski definition) is 3. The van der Waals surface area contributed by atoms with Crippen LogP contribution in [0, 0.1) is 5.82 Å². The molecule has 1 aliphatic carbocycles. The summed E-state index contributed by atoms with van der Waals surface area (Å²) in [4.78, 5) is 4.13. The van der Waals surface area contributed by atoms with E-state index in [9.17, 15) is 9.50 Å². The molecule has 1 atom stereocenters. The van der Waals surface area contributed by atoms with E-state index in [1.807, 2.05) is 12.1 Å². The van der Waals surface area contributed by atoms with Gasteiger partial charge in [-0.1, -0.05) is 6.07 Å². The number of halogens is 1. The minimum absolute atomic E-state index is 0.267. The van der Waals surface area contributed by atoms with Gasteiger partial charge < -0.3 is 20.2 Å². The summed E-state index contributed by atoms with van der Waals surface area (Å²) in [6.07, 6.45) is 2.85. The number of aliphatic imine (C=N–C) groups is 1. The molecule has 1 aromatic carbocycles. The maximum Gasteiger partial charge on any atom is 0.191 e. The molecule has 0 spiro atoms. The van der Waals surface area contributed by atoms with Crippen molar-refractivity contribution in [3.05, 3.63) is 59.3 Å². The predicted octanol–water partition coefficient (Wildman–Crippen LogP) is 1.92. The summed E-state index contributed by atoms with van der Waals surface area (Å²) in [7, 11) is 1.67. The van der Waals surface area contributed by atoms with Crippen LogP contribution in [0.5, 0.6) is 0 Å². The second-order valence-corrected chi connectivity index (χ2v) is 5.69. The second kappa shape index (κ2) is 6.42. The molecule has 0 saturated carbocycles. The maximum absolute atomic E-state index is 13.3. The number of nitrogens with zero attached hydrogens (tertiary/aromatic N) is 1. The molecule has 5 nitrogen and oxygen atoms in total. The topological polar surface area (TPSA) is 69.8 Å². The first-order valence-electron chi connectivity index (χ1n) is 7.59. The predicted molar refractivity (Wildman–Crippen MR) is 85.5 cm³/mol. The van der Waals surface area contributed by atoms with Crippen molar-refractivity contribution in [3.63, 3.8) is 0 Å². The van der Waals surface area contributed by atoms with E-state index in [1.54, 1.807) is 19.4 Å². The number of guanidine groups is 1. The maximum atomic E-state index is 13.3. The number of rotatable bonds is 4. The highest BCUT2D eigenvalue weighted by atomic mass is 19.1. The van der Waals surface area contributed by atoms with Crippen LogP contribution < -0.4 is 10.6 Å². The molecule has 23 heavy (non-hydrogen) atoms. The van der Waals surface area contributed by atoms with E-state index in [-0.39, 0.29) is 5.82 Å². The van der Waals surface area contributed by atoms with E-state index in [1.165, 1.54) is 12.1 Å². The van der Waals surface area contributed by atoms with Gasteiger partial charge in [0, 0.05) is 7.05 Å². The van der Waals surface area contributed by atoms with Gasteiger partial charge in [-0.3, -0.25) is 4.99 Å². The number of furan rings is 1. The summed E-state index contributed by atoms with van der Waals surface area (Å²) >= 11 is 0. The van der Waals surface area contributed by atoms with Gasteiger partial charge in [0.1, 0.15) is 17.2 Å². The van der Waals surface area contributed by atoms with Crippen molar-refractivity contribution in [1.29, 1.82) is 0 Å². The van der Waals surface area contributed by atoms with E-state index in [0.29, 0.717) is 31.9 Å². The number of benzene rings is 1. The average molecular weight is 317 g/mol. The third kappa shape index (κ3) is 3.37. The molecule has 3 rings (SSSR count). The lowest BCUT2D eigenvalue weighted by Gasteiger charge is -2.25. The fourth-order valence-electron chi connectivity index (χ4n) is 2.92. The van der Waals surface area contributed by atoms with Crippen LogP contribution in [0.1, 0.15) is 23.3 Å². The monoisotopic (exact) mass is 317 g/mol. The van der Waals surface area contributed by atoms with Gasteiger partial charge in [-0.15, -0.1) is 0 Å². The van der Waals surface area contributed by atoms with E-state index >= 15 is 0 Å². The van der Waals surface area contributed by atoms with Crippen LogP contribution >= 0.6 is 0 Å². The molecule has 122 valence electrons. The van der Waals surface area contributed by atoms with Gasteiger partial charge in [0.25, 0.3) is 0 Å². The number of fused-ring (bicyclic) bond motifs is 1. The lowest BCUT2D eigenvalue weighted by atomic mass is 9.96. The van der Waals surface area contributed by atoms with Gasteiger partial charge in [0.05, 0.1) is 19.4 Å². The smallest absolute Gasteiger partial charge is 0.191 e. The first-order chi connectivity index (χ1) is 11.1. The highest BCUT2D eigenvalue weighted by Gasteiger charge is 2.36. The van der Waals surface area contributed by atoms with E-state index < -0.39 is 5.60 Å². The molecule has 1 heterocycles. The van der Waals surface area contributed by atoms with Crippen LogP contribution in [0.3, 0.4) is 0 Å². The third-order valence-electron chi connectivity index (χ3n) is 4.16. The zero-order valence-electron chi connectivity index (χ0n) is 13.0. The van der Waals surface area contributed by atoms with Crippen molar-refractivity contribution >= 4 is 5.96 Å². The Bertz CT molecular complexity index is 700. The lowest BCUT2D eigenvalue weighted by Crippen LogP contribution is -2.44. The molecule has 2 aromatic rings. The molecule has 1 aliphatic rings. The quantitative estimate of drug-likeness (QED) is 0.595. The Morgan fingerprint density at radius 1 is 1.39 bits per heavy atom. The zero-order chi connectivity index (χ0) is 16.3. The van der Waals surface area contributed by atoms with Crippen molar-refractivity contribution in [2.75, 3.05) is 13.6 Å². The second-order valence-electron chi connectivity index (χ2n) is 5.69. The Balaban J connectivity index is 1.61. The Morgan fingerprint density at radius 3 is 3.00 bits per heavy atom. The van der Waals surface area contributed by atoms with Gasteiger partial charge in [-0.25, -0.2) is 4.39 Å². The van der Waals surface area contributed by atoms with Gasteiger partial charge in [0.15, 0.2) is 5.96 Å². The van der Waals surface area contributed by atoms with Crippen LogP contribution in [0.2, 0.25) is 0 Å². The Morgan fingerprint density at radius 2 is 2.26 bits per heavy atom. The molecule has 0 saturated heterocycles. The van der Waals surface area contributed by atoms with Crippen molar-refractivity contribution in [3.8, 4) is 0 Å². The largest absolute Gasteiger partial charge is 0.467 e. The average Bonchev–Trinajstić information content (AvgIpc) is 3.16. The number of aryl methyl sites for hydroxylation is 1. The minimum Gasteiger partial charge on any atom is -0.467 e. The minimum atomic E-state index is -1.01. The summed E-state index contributed by atoms with van der Waals surface area (Å²) in [6.45, 7) is 0.816. The SMILES string of the molecule is CN=C(NCc1ccco1)NCC1(O)CCc2cc(F)ccc21. The molecule has 0 aliphatic heterocycles. The van der Waals surface area contributed by atoms with Gasteiger partial charge in [0.2, 0.25) is 0 Å². The van der Waals surface area contributed by atoms with E-state index in [4.69, 9.17) is 4.42 Å². The first-order valence-corrected chi connectivity index (χ1v) is 7.59. The van der Waals surface area contributed by atoms with Crippen molar-refractivity contribution in [2.45, 2.75) is 25.0 Å². The summed E-state index contributed by atoms with van der Waals surface area (Å²) in [5.74, 6) is 1.11. The van der Waals surface area contributed by atoms with Crippen molar-refractivity contribution in [1.82, 2.24) is 10.6 Å². The number of hydrogen-bond acceptors (Lipinski definition) is 3. The third-order valence-corrected chi connectivity index (χ3v) is 4.16. The van der Waals surface area contributed by atoms with E-state index in [0.717, 1.165) is 16.9 Å². The fraction of sp³-hybridized carbons (Fsp3) is 0.353. The molecule has 1 aromatic heterocycles. The van der Waals surface area contributed by atoms with Gasteiger partial charge >= 0.3 is 0 Å². The van der Waals surface area contributed by atoms with Gasteiger partial charge in [-0.2, -0.15) is 0 Å². The summed E-state index contributed by atoms with van der Waals surface area (Å²) < 4.78 is 18.5. The van der Waals surface area contributed by atoms with Crippen LogP contribution in [0.4, 0.5) is 4.39 Å². The molecule has 0 fully saturated rings. The van der Waals surface area contributed by atoms with Gasteiger partial charge in [-0.05, 0) is 48.2 Å². The standard InChI is InChI=1S/C17H20FN3O2/c1-19-16(20-10-14-3-2-8-23-14)21-11-17(22)7-6-12-9-13(18)4-5-15(12)17/h2-5,8-9,22H,6-7,10-11H2,1H3,(H2,19,20,21). The Kier molecular flexibility index (Phi) is 4.34. The Labute approximate surface area is 134 Å². The molecule has 6 heteroatoms. The highest BCUT2D eigenvalue weighted by Crippen LogP contribution is 2.36. The van der Waals surface area contributed by atoms with Crippen LogP contribution in [0.15, 0.2) is 46.0 Å². The molecular formula is C17H20FN3O2. The number of nitrogens with one attached hydrogen (secondary N) is 2. The Hall–Kier alpha value is -2.34. The molecule has 1 unspecified atom stereocenters. The fourth-order valence-corrected chi connectivity index (χ4v) is 2.92. The van der Waals surface area contributed by atoms with Crippen LogP contribution in [-0.4, -0.2) is 24.7 Å². The molecule has 3 N–H and O–H groups in total. The number of aliphatic hydroxyl groups is 1. The molecule has 0 amide bonds. The summed E-state index contributed by atoms with van der Waals surface area (Å²) in [5, 5.41) is 17.1. The molecular weight excluding hydrogens is 297 g/mol. The van der Waals surface area contributed by atoms with Crippen molar-refractivity contribution < 1.29 is 13.9 Å². The molecule has 0 radical (unpaired) electrons. The zero-order valence-corrected chi connectivity index (χ0v) is 13.0. The first kappa shape index (κ1) is 15.6. The lowest BCUT2D eigenvalue weighted by molar-refractivity contribution is 0.0432. The van der Waals surface area contributed by atoms with Crippen molar-refractivity contribution in [2.24, 2.45) is 4.99 Å².